The van der Waals surface area contributed by atoms with Gasteiger partial charge in [0.25, 0.3) is 0 Å². The van der Waals surface area contributed by atoms with E-state index in [9.17, 15) is 4.79 Å². The highest BCUT2D eigenvalue weighted by Crippen LogP contribution is 2.33. The van der Waals surface area contributed by atoms with Gasteiger partial charge >= 0.3 is 0 Å². The van der Waals surface area contributed by atoms with Crippen LogP contribution in [0.5, 0.6) is 0 Å². The summed E-state index contributed by atoms with van der Waals surface area (Å²) in [4.78, 5) is 26.1. The first-order valence-corrected chi connectivity index (χ1v) is 9.12. The van der Waals surface area contributed by atoms with Gasteiger partial charge in [-0.3, -0.25) is 14.6 Å². The van der Waals surface area contributed by atoms with Crippen molar-refractivity contribution in [3.63, 3.8) is 0 Å². The summed E-state index contributed by atoms with van der Waals surface area (Å²) in [6, 6.07) is 0.370. The van der Waals surface area contributed by atoms with Crippen LogP contribution in [0.3, 0.4) is 0 Å². The summed E-state index contributed by atoms with van der Waals surface area (Å²) in [7, 11) is 2.09. The molecule has 0 unspecified atom stereocenters. The fourth-order valence-electron chi connectivity index (χ4n) is 2.42. The van der Waals surface area contributed by atoms with Crippen LogP contribution in [0.4, 0.5) is 5.13 Å². The molecule has 2 aromatic rings. The molecular formula is C15H20N4OS2. The average molecular weight is 336 g/mol. The Kier molecular flexibility index (Phi) is 4.56. The molecule has 5 nitrogen and oxygen atoms in total. The highest BCUT2D eigenvalue weighted by molar-refractivity contribution is 7.14. The van der Waals surface area contributed by atoms with E-state index in [-0.39, 0.29) is 5.91 Å². The van der Waals surface area contributed by atoms with Gasteiger partial charge in [-0.2, -0.15) is 0 Å². The van der Waals surface area contributed by atoms with Crippen molar-refractivity contribution in [2.24, 2.45) is 0 Å². The molecule has 1 amide bonds. The minimum atomic E-state index is 0.0945. The molecule has 3 rings (SSSR count). The second-order valence-corrected chi connectivity index (χ2v) is 7.55. The Hall–Kier alpha value is -1.31. The van der Waals surface area contributed by atoms with Crippen molar-refractivity contribution in [2.75, 3.05) is 11.9 Å². The molecule has 0 atom stereocenters. The van der Waals surface area contributed by atoms with Crippen LogP contribution in [0, 0.1) is 6.92 Å². The van der Waals surface area contributed by atoms with Gasteiger partial charge in [-0.05, 0) is 26.8 Å². The van der Waals surface area contributed by atoms with E-state index in [1.54, 1.807) is 29.6 Å². The zero-order chi connectivity index (χ0) is 15.7. The third kappa shape index (κ3) is 3.53. The third-order valence-electron chi connectivity index (χ3n) is 3.69. The third-order valence-corrected chi connectivity index (χ3v) is 5.50. The minimum Gasteiger partial charge on any atom is -0.295 e. The van der Waals surface area contributed by atoms with Gasteiger partial charge in [0.1, 0.15) is 0 Å². The summed E-state index contributed by atoms with van der Waals surface area (Å²) < 4.78 is 0. The van der Waals surface area contributed by atoms with E-state index < -0.39 is 0 Å². The molecule has 118 valence electrons. The number of hydrogen-bond donors (Lipinski definition) is 0. The van der Waals surface area contributed by atoms with E-state index >= 15 is 0 Å². The number of amides is 1. The van der Waals surface area contributed by atoms with Crippen molar-refractivity contribution < 1.29 is 4.79 Å². The molecule has 0 spiro atoms. The summed E-state index contributed by atoms with van der Waals surface area (Å²) in [5, 5.41) is 2.90. The molecule has 0 aliphatic heterocycles. The number of anilines is 1. The molecule has 0 saturated heterocycles. The van der Waals surface area contributed by atoms with Crippen LogP contribution in [0.15, 0.2) is 10.9 Å². The molecule has 2 aromatic heterocycles. The largest absolute Gasteiger partial charge is 0.295 e. The number of carbonyl (C=O) groups is 1. The fourth-order valence-corrected chi connectivity index (χ4v) is 4.20. The van der Waals surface area contributed by atoms with Gasteiger partial charge < -0.3 is 0 Å². The number of rotatable bonds is 6. The van der Waals surface area contributed by atoms with Crippen LogP contribution in [0.25, 0.3) is 0 Å². The van der Waals surface area contributed by atoms with Gasteiger partial charge in [0.2, 0.25) is 5.91 Å². The normalized spacial score (nSPS) is 14.5. The summed E-state index contributed by atoms with van der Waals surface area (Å²) in [6.45, 7) is 5.33. The van der Waals surface area contributed by atoms with E-state index in [1.807, 2.05) is 17.3 Å². The monoisotopic (exact) mass is 336 g/mol. The van der Waals surface area contributed by atoms with Gasteiger partial charge in [0.05, 0.1) is 16.9 Å². The molecule has 1 aliphatic carbocycles. The first-order valence-electron chi connectivity index (χ1n) is 7.36. The molecule has 1 saturated carbocycles. The maximum atomic E-state index is 11.8. The number of hydrogen-bond acceptors (Lipinski definition) is 6. The lowest BCUT2D eigenvalue weighted by molar-refractivity contribution is -0.116. The van der Waals surface area contributed by atoms with Gasteiger partial charge in [-0.25, -0.2) is 9.97 Å². The van der Waals surface area contributed by atoms with E-state index in [1.165, 1.54) is 4.88 Å². The maximum Gasteiger partial charge on any atom is 0.225 e. The zero-order valence-corrected chi connectivity index (χ0v) is 14.7. The van der Waals surface area contributed by atoms with Gasteiger partial charge in [-0.1, -0.05) is 0 Å². The van der Waals surface area contributed by atoms with E-state index in [0.29, 0.717) is 6.04 Å². The van der Waals surface area contributed by atoms with Crippen LogP contribution in [-0.4, -0.2) is 33.9 Å². The molecule has 7 heteroatoms. The second kappa shape index (κ2) is 6.44. The van der Waals surface area contributed by atoms with Crippen molar-refractivity contribution in [3.05, 3.63) is 27.2 Å². The van der Waals surface area contributed by atoms with E-state index in [4.69, 9.17) is 0 Å². The molecule has 1 fully saturated rings. The fraction of sp³-hybridized carbons (Fsp3) is 0.533. The lowest BCUT2D eigenvalue weighted by atomic mass is 10.3. The van der Waals surface area contributed by atoms with Crippen molar-refractivity contribution in [3.8, 4) is 0 Å². The van der Waals surface area contributed by atoms with Crippen LogP contribution in [-0.2, 0) is 17.9 Å². The summed E-state index contributed by atoms with van der Waals surface area (Å²) in [5.41, 5.74) is 4.02. The van der Waals surface area contributed by atoms with Crippen molar-refractivity contribution in [1.29, 1.82) is 0 Å². The molecule has 0 N–H and O–H groups in total. The molecule has 1 aliphatic rings. The second-order valence-electron chi connectivity index (χ2n) is 5.77. The standard InChI is InChI=1S/C15H20N4OS2/c1-10-14(22-9-16-10)7-18(3)6-12-8-21-15(17-12)19(11(2)20)13-4-5-13/h8-9,13H,4-7H2,1-3H3. The Morgan fingerprint density at radius 3 is 2.73 bits per heavy atom. The summed E-state index contributed by atoms with van der Waals surface area (Å²) in [6.07, 6.45) is 2.19. The Morgan fingerprint density at radius 2 is 2.14 bits per heavy atom. The molecule has 2 heterocycles. The lowest BCUT2D eigenvalue weighted by Crippen LogP contribution is -2.30. The molecule has 0 bridgehead atoms. The maximum absolute atomic E-state index is 11.8. The van der Waals surface area contributed by atoms with Crippen molar-refractivity contribution >= 4 is 33.7 Å². The van der Waals surface area contributed by atoms with E-state index in [0.717, 1.165) is 42.5 Å². The smallest absolute Gasteiger partial charge is 0.225 e. The van der Waals surface area contributed by atoms with Crippen LogP contribution >= 0.6 is 22.7 Å². The van der Waals surface area contributed by atoms with Gasteiger partial charge in [0, 0.05) is 36.3 Å². The summed E-state index contributed by atoms with van der Waals surface area (Å²) in [5.74, 6) is 0.0945. The zero-order valence-electron chi connectivity index (χ0n) is 13.1. The minimum absolute atomic E-state index is 0.0945. The number of aryl methyl sites for hydroxylation is 1. The highest BCUT2D eigenvalue weighted by atomic mass is 32.1. The predicted octanol–water partition coefficient (Wildman–Crippen LogP) is 3.06. The lowest BCUT2D eigenvalue weighted by Gasteiger charge is -2.17. The Morgan fingerprint density at radius 1 is 1.36 bits per heavy atom. The average Bonchev–Trinajstić information content (AvgIpc) is 3.04. The SMILES string of the molecule is CC(=O)N(c1nc(CN(C)Cc2scnc2C)cs1)C1CC1. The first-order chi connectivity index (χ1) is 10.5. The Bertz CT molecular complexity index is 662. The van der Waals surface area contributed by atoms with Crippen LogP contribution in [0.2, 0.25) is 0 Å². The van der Waals surface area contributed by atoms with Gasteiger partial charge in [0.15, 0.2) is 5.13 Å². The molecular weight excluding hydrogens is 316 g/mol. The Labute approximate surface area is 138 Å². The Balaban J connectivity index is 1.63. The quantitative estimate of drug-likeness (QED) is 0.813. The van der Waals surface area contributed by atoms with Crippen LogP contribution in [0.1, 0.15) is 36.0 Å². The number of thiazole rings is 2. The van der Waals surface area contributed by atoms with Crippen molar-refractivity contribution in [2.45, 2.75) is 45.8 Å². The first kappa shape index (κ1) is 15.6. The summed E-state index contributed by atoms with van der Waals surface area (Å²) >= 11 is 3.26. The van der Waals surface area contributed by atoms with Crippen molar-refractivity contribution in [1.82, 2.24) is 14.9 Å². The van der Waals surface area contributed by atoms with Gasteiger partial charge in [-0.15, -0.1) is 22.7 Å². The topological polar surface area (TPSA) is 49.3 Å². The molecule has 0 radical (unpaired) electrons. The van der Waals surface area contributed by atoms with E-state index in [2.05, 4.69) is 27.3 Å². The highest BCUT2D eigenvalue weighted by Gasteiger charge is 2.33. The molecule has 0 aromatic carbocycles. The number of aromatic nitrogens is 2. The predicted molar refractivity (Wildman–Crippen MR) is 90.3 cm³/mol. The number of nitrogens with zero attached hydrogens (tertiary/aromatic N) is 4. The number of carbonyl (C=O) groups excluding carboxylic acids is 1. The molecule has 22 heavy (non-hydrogen) atoms. The van der Waals surface area contributed by atoms with Crippen LogP contribution < -0.4 is 4.90 Å².